The molecule has 4 heteroatoms. The molecule has 5 aromatic carbocycles. The quantitative estimate of drug-likeness (QED) is 0.122. The zero-order valence-electron chi connectivity index (χ0n) is 31.2. The number of rotatable bonds is 1. The maximum Gasteiger partial charge on any atom is 3.00 e. The van der Waals surface area contributed by atoms with Crippen molar-refractivity contribution in [3.63, 3.8) is 0 Å². The molecule has 0 N–H and O–H groups in total. The van der Waals surface area contributed by atoms with E-state index in [2.05, 4.69) is 171 Å². The molecule has 0 saturated carbocycles. The van der Waals surface area contributed by atoms with Crippen LogP contribution in [0.5, 0.6) is 0 Å². The second kappa shape index (κ2) is 12.4. The van der Waals surface area contributed by atoms with Gasteiger partial charge in [-0.2, -0.15) is 28.8 Å². The van der Waals surface area contributed by atoms with Gasteiger partial charge in [0.05, 0.1) is 0 Å². The van der Waals surface area contributed by atoms with E-state index >= 15 is 0 Å². The molecule has 51 heavy (non-hydrogen) atoms. The molecule has 0 atom stereocenters. The first-order valence-electron chi connectivity index (χ1n) is 17.7. The van der Waals surface area contributed by atoms with E-state index in [4.69, 9.17) is 9.97 Å². The molecule has 7 aromatic rings. The van der Waals surface area contributed by atoms with Crippen LogP contribution in [0.4, 0.5) is 17.2 Å². The fourth-order valence-corrected chi connectivity index (χ4v) is 7.55. The summed E-state index contributed by atoms with van der Waals surface area (Å²) in [7, 11) is 0. The van der Waals surface area contributed by atoms with Crippen LogP contribution in [0.1, 0.15) is 74.9 Å². The minimum absolute atomic E-state index is 0. The second-order valence-corrected chi connectivity index (χ2v) is 16.2. The molecule has 0 saturated heterocycles. The number of anilines is 3. The van der Waals surface area contributed by atoms with Crippen molar-refractivity contribution in [2.45, 2.75) is 80.1 Å². The molecular weight excluding hydrogens is 804 g/mol. The SMILES string of the molecule is Cc1cc(C)c2[c-]c1-c1cccc(n1)N(c1ccccc1)c1cc(C(C)(C)C)cc3c1[n-]c1c(cc(C(C)(C)C)cc13)-c1[c-]c-2c(C)cc1C.[Au+3]. The van der Waals surface area contributed by atoms with Crippen LogP contribution in [-0.2, 0) is 33.2 Å². The van der Waals surface area contributed by atoms with E-state index in [0.717, 1.165) is 72.7 Å². The number of para-hydroxylation sites is 1. The molecule has 1 aliphatic rings. The summed E-state index contributed by atoms with van der Waals surface area (Å²) in [6.45, 7) is 22.5. The first-order valence-corrected chi connectivity index (χ1v) is 17.7. The standard InChI is InChI=1S/C47H44N3.Au/c1-27-19-29(3)36-25-34(27)35-26-37(30(4)20-28(35)2)41-17-14-18-43(48-41)50(33-15-12-11-13-16-33)42-24-32(47(8,9)10)23-40-39-22-31(46(5,6)7)21-38(36)44(39)49-45(40)42;/h11-24H,1-10H3;/q-3;+3. The van der Waals surface area contributed by atoms with Crippen LogP contribution < -0.4 is 9.88 Å². The van der Waals surface area contributed by atoms with Crippen LogP contribution in [0.15, 0.2) is 84.9 Å². The molecule has 0 fully saturated rings. The van der Waals surface area contributed by atoms with Crippen molar-refractivity contribution in [3.05, 3.63) is 130 Å². The third-order valence-corrected chi connectivity index (χ3v) is 10.4. The van der Waals surface area contributed by atoms with Gasteiger partial charge in [-0.1, -0.05) is 123 Å². The Balaban J connectivity index is 0.00000406. The second-order valence-electron chi connectivity index (χ2n) is 16.2. The van der Waals surface area contributed by atoms with Gasteiger partial charge in [-0.15, -0.1) is 51.0 Å². The van der Waals surface area contributed by atoms with Crippen LogP contribution in [0, 0.1) is 39.8 Å². The van der Waals surface area contributed by atoms with Crippen LogP contribution in [-0.4, -0.2) is 4.98 Å². The Kier molecular flexibility index (Phi) is 8.49. The van der Waals surface area contributed by atoms with Crippen LogP contribution in [0.2, 0.25) is 0 Å². The summed E-state index contributed by atoms with van der Waals surface area (Å²) in [5.74, 6) is 0.840. The van der Waals surface area contributed by atoms with Crippen LogP contribution in [0.25, 0.3) is 55.3 Å². The first kappa shape index (κ1) is 35.0. The van der Waals surface area contributed by atoms with Crippen molar-refractivity contribution in [1.29, 1.82) is 0 Å². The molecule has 0 radical (unpaired) electrons. The Morgan fingerprint density at radius 2 is 1.12 bits per heavy atom. The summed E-state index contributed by atoms with van der Waals surface area (Å²) in [5.41, 5.74) is 17.3. The van der Waals surface area contributed by atoms with E-state index in [1.165, 1.54) is 33.2 Å². The van der Waals surface area contributed by atoms with Crippen molar-refractivity contribution in [2.24, 2.45) is 0 Å². The zero-order chi connectivity index (χ0) is 35.3. The van der Waals surface area contributed by atoms with E-state index in [0.29, 0.717) is 0 Å². The summed E-state index contributed by atoms with van der Waals surface area (Å²) in [4.78, 5) is 13.3. The maximum atomic E-state index is 5.63. The fourth-order valence-electron chi connectivity index (χ4n) is 7.55. The van der Waals surface area contributed by atoms with Crippen molar-refractivity contribution < 1.29 is 22.4 Å². The fraction of sp³-hybridized carbons (Fsp3) is 0.255. The minimum atomic E-state index is -0.101. The van der Waals surface area contributed by atoms with E-state index in [-0.39, 0.29) is 33.2 Å². The van der Waals surface area contributed by atoms with Crippen molar-refractivity contribution in [2.75, 3.05) is 4.90 Å². The van der Waals surface area contributed by atoms with Gasteiger partial charge in [0, 0.05) is 17.1 Å². The normalized spacial score (nSPS) is 12.7. The van der Waals surface area contributed by atoms with Gasteiger partial charge in [0.2, 0.25) is 0 Å². The van der Waals surface area contributed by atoms with E-state index < -0.39 is 0 Å². The van der Waals surface area contributed by atoms with E-state index in [1.807, 2.05) is 0 Å². The Hall–Kier alpha value is -4.41. The zero-order valence-corrected chi connectivity index (χ0v) is 33.4. The smallest absolute Gasteiger partial charge is 0.661 e. The summed E-state index contributed by atoms with van der Waals surface area (Å²) < 4.78 is 0. The molecule has 258 valence electrons. The third kappa shape index (κ3) is 5.86. The Morgan fingerprint density at radius 3 is 1.75 bits per heavy atom. The average molecular weight is 848 g/mol. The first-order chi connectivity index (χ1) is 23.7. The largest absolute Gasteiger partial charge is 3.00 e. The van der Waals surface area contributed by atoms with Gasteiger partial charge in [-0.3, -0.25) is 9.88 Å². The molecule has 0 amide bonds. The Morgan fingerprint density at radius 1 is 0.569 bits per heavy atom. The van der Waals surface area contributed by atoms with Gasteiger partial charge in [0.25, 0.3) is 0 Å². The molecule has 0 unspecified atom stereocenters. The number of aromatic nitrogens is 2. The average Bonchev–Trinajstić information content (AvgIpc) is 3.44. The van der Waals surface area contributed by atoms with E-state index in [9.17, 15) is 0 Å². The number of benzene rings is 5. The molecule has 1 aliphatic heterocycles. The Bertz CT molecular complexity index is 2490. The summed E-state index contributed by atoms with van der Waals surface area (Å²) in [6.07, 6.45) is 0. The van der Waals surface area contributed by atoms with Gasteiger partial charge in [0.1, 0.15) is 5.82 Å². The number of nitrogens with zero attached hydrogens (tertiary/aromatic N) is 3. The van der Waals surface area contributed by atoms with Gasteiger partial charge in [-0.05, 0) is 57.0 Å². The summed E-state index contributed by atoms with van der Waals surface area (Å²) in [6, 6.07) is 38.8. The number of fused-ring (bicyclic) bond motifs is 10. The molecular formula is C47H44AuN3. The van der Waals surface area contributed by atoms with Crippen LogP contribution in [0.3, 0.4) is 0 Å². The summed E-state index contributed by atoms with van der Waals surface area (Å²) in [5, 5.41) is 2.33. The number of hydrogen-bond donors (Lipinski definition) is 0. The van der Waals surface area contributed by atoms with Gasteiger partial charge >= 0.3 is 22.4 Å². The van der Waals surface area contributed by atoms with Crippen molar-refractivity contribution >= 4 is 39.0 Å². The van der Waals surface area contributed by atoms with Gasteiger partial charge in [0.15, 0.2) is 0 Å². The molecule has 3 nitrogen and oxygen atoms in total. The topological polar surface area (TPSA) is 30.2 Å². The molecule has 8 rings (SSSR count). The Labute approximate surface area is 318 Å². The third-order valence-electron chi connectivity index (χ3n) is 10.4. The summed E-state index contributed by atoms with van der Waals surface area (Å²) >= 11 is 0. The van der Waals surface area contributed by atoms with E-state index in [1.54, 1.807) is 0 Å². The number of pyridine rings is 1. The molecule has 8 bridgehead atoms. The predicted molar refractivity (Wildman–Crippen MR) is 211 cm³/mol. The molecule has 3 heterocycles. The molecule has 0 aliphatic carbocycles. The van der Waals surface area contributed by atoms with Crippen molar-refractivity contribution in [1.82, 2.24) is 9.97 Å². The number of aryl methyl sites for hydroxylation is 4. The minimum Gasteiger partial charge on any atom is -0.661 e. The predicted octanol–water partition coefficient (Wildman–Crippen LogP) is 12.6. The van der Waals surface area contributed by atoms with Crippen molar-refractivity contribution in [3.8, 4) is 33.5 Å². The van der Waals surface area contributed by atoms with Crippen LogP contribution >= 0.6 is 0 Å². The molecule has 0 spiro atoms. The number of hydrogen-bond acceptors (Lipinski definition) is 2. The monoisotopic (exact) mass is 847 g/mol. The van der Waals surface area contributed by atoms with Gasteiger partial charge < -0.3 is 4.98 Å². The maximum absolute atomic E-state index is 5.63. The van der Waals surface area contributed by atoms with Gasteiger partial charge in [-0.25, -0.2) is 0 Å². The molecule has 2 aromatic heterocycles.